The molecular weight excluding hydrogens is 696 g/mol. The fourth-order valence-corrected chi connectivity index (χ4v) is 4.13. The van der Waals surface area contributed by atoms with Crippen LogP contribution in [0.5, 0.6) is 0 Å². The predicted octanol–water partition coefficient (Wildman–Crippen LogP) is -4.36. The van der Waals surface area contributed by atoms with Crippen molar-refractivity contribution in [2.75, 3.05) is 26.2 Å². The summed E-state index contributed by atoms with van der Waals surface area (Å²) in [7, 11) is 0. The molecule has 21 heteroatoms. The van der Waals surface area contributed by atoms with Crippen molar-refractivity contribution < 1.29 is 56.0 Å². The summed E-state index contributed by atoms with van der Waals surface area (Å²) in [6.07, 6.45) is 9.03. The number of aromatic nitrogens is 4. The zero-order valence-electron chi connectivity index (χ0n) is 26.9. The summed E-state index contributed by atoms with van der Waals surface area (Å²) in [4.78, 5) is 83.5. The second kappa shape index (κ2) is 25.6. The van der Waals surface area contributed by atoms with E-state index in [2.05, 4.69) is 41.2 Å². The fourth-order valence-electron chi connectivity index (χ4n) is 4.13. The van der Waals surface area contributed by atoms with Gasteiger partial charge >= 0.3 is 23.0 Å². The molecule has 0 saturated heterocycles. The number of hydrogen-bond acceptors (Lipinski definition) is 13. The summed E-state index contributed by atoms with van der Waals surface area (Å²) in [5.74, 6) is -4.99. The third-order valence-electron chi connectivity index (χ3n) is 6.65. The van der Waals surface area contributed by atoms with Crippen molar-refractivity contribution in [1.29, 1.82) is 0 Å². The Morgan fingerprint density at radius 2 is 1.29 bits per heavy atom. The molecule has 2 aromatic heterocycles. The minimum atomic E-state index is -1.40. The number of carbonyl (C=O) groups excluding carboxylic acids is 5. The van der Waals surface area contributed by atoms with E-state index in [4.69, 9.17) is 22.9 Å². The van der Waals surface area contributed by atoms with Gasteiger partial charge in [-0.3, -0.25) is 14.4 Å². The first-order valence-electron chi connectivity index (χ1n) is 15.3. The van der Waals surface area contributed by atoms with Crippen LogP contribution < -0.4 is 44.0 Å². The van der Waals surface area contributed by atoms with Crippen LogP contribution in [0.1, 0.15) is 49.9 Å². The molecule has 0 saturated carbocycles. The van der Waals surface area contributed by atoms with Crippen molar-refractivity contribution >= 4 is 35.6 Å². The zero-order chi connectivity index (χ0) is 35.9. The number of nitrogens with one attached hydrogen (secondary N) is 5. The van der Waals surface area contributed by atoms with Gasteiger partial charge in [-0.25, -0.2) is 14.8 Å². The molecule has 0 fully saturated rings. The van der Waals surface area contributed by atoms with Gasteiger partial charge in [0, 0.05) is 25.4 Å². The van der Waals surface area contributed by atoms with E-state index in [0.717, 1.165) is 0 Å². The number of carboxylic acid groups (broad SMARTS) is 2. The number of amides is 4. The van der Waals surface area contributed by atoms with E-state index in [9.17, 15) is 39.0 Å². The Hall–Kier alpha value is -4.40. The van der Waals surface area contributed by atoms with Gasteiger partial charge in [-0.15, -0.1) is 0 Å². The normalized spacial score (nSPS) is 12.8. The van der Waals surface area contributed by atoms with E-state index in [1.165, 1.54) is 12.7 Å². The maximum Gasteiger partial charge on any atom is 2.00 e. The number of H-pyrrole nitrogens is 2. The second-order valence-corrected chi connectivity index (χ2v) is 10.4. The molecule has 1 radical (unpaired) electrons. The average molecular weight is 742 g/mol. The summed E-state index contributed by atoms with van der Waals surface area (Å²) >= 11 is 0. The molecular formula is C28H46CuN12O8. The van der Waals surface area contributed by atoms with Crippen LogP contribution in [0.4, 0.5) is 0 Å². The molecule has 20 nitrogen and oxygen atoms in total. The summed E-state index contributed by atoms with van der Waals surface area (Å²) in [6.45, 7) is 0.262. The van der Waals surface area contributed by atoms with Crippen LogP contribution in [-0.2, 0) is 58.7 Å². The second-order valence-electron chi connectivity index (χ2n) is 10.4. The molecule has 2 heterocycles. The Bertz CT molecular complexity index is 1170. The van der Waals surface area contributed by atoms with E-state index in [-0.39, 0.29) is 55.8 Å². The largest absolute Gasteiger partial charge is 2.00 e. The summed E-state index contributed by atoms with van der Waals surface area (Å²) in [5.41, 5.74) is 22.3. The van der Waals surface area contributed by atoms with Crippen molar-refractivity contribution in [1.82, 2.24) is 35.9 Å². The molecule has 4 unspecified atom stereocenters. The Morgan fingerprint density at radius 1 is 0.755 bits per heavy atom. The average Bonchev–Trinajstić information content (AvgIpc) is 3.78. The van der Waals surface area contributed by atoms with Gasteiger partial charge < -0.3 is 74.0 Å². The summed E-state index contributed by atoms with van der Waals surface area (Å²) < 4.78 is 0. The van der Waals surface area contributed by atoms with Crippen molar-refractivity contribution in [3.63, 3.8) is 0 Å². The standard InChI is InChI=1S/2C14H24N6O4.Cu/c2*15-4-2-1-3-10(14(23)24)20-13(22)11(19-12(21)6-16)5-9-7-17-8-18-9;/h7-8,10-11H,1-6,15-16H2,(H,17,18)(H,19,21)(H,20,22)(H,23,24);7-8,10-11H,1-6,15-16H2,(H4,17,18,19,20,21,22,23,24);/q;;+2/p-2. The number of carboxylic acids is 2. The number of nitrogens with zero attached hydrogens (tertiary/aromatic N) is 3. The smallest absolute Gasteiger partial charge is 0.642 e. The first kappa shape index (κ1) is 44.6. The quantitative estimate of drug-likeness (QED) is 0.0403. The van der Waals surface area contributed by atoms with Gasteiger partial charge in [0.1, 0.15) is 12.1 Å². The molecule has 49 heavy (non-hydrogen) atoms. The molecule has 4 amide bonds. The molecule has 277 valence electrons. The van der Waals surface area contributed by atoms with E-state index in [0.29, 0.717) is 50.2 Å². The van der Waals surface area contributed by atoms with Crippen molar-refractivity contribution in [2.45, 2.75) is 75.5 Å². The maximum atomic E-state index is 12.4. The summed E-state index contributed by atoms with van der Waals surface area (Å²) in [5, 5.41) is 31.4. The van der Waals surface area contributed by atoms with E-state index < -0.39 is 59.7 Å². The molecule has 14 N–H and O–H groups in total. The van der Waals surface area contributed by atoms with Gasteiger partial charge in [-0.05, 0) is 64.1 Å². The first-order chi connectivity index (χ1) is 22.9. The van der Waals surface area contributed by atoms with Crippen LogP contribution in [0.15, 0.2) is 25.0 Å². The summed E-state index contributed by atoms with van der Waals surface area (Å²) in [6, 6.07) is -4.28. The maximum absolute atomic E-state index is 12.4. The molecule has 0 aliphatic rings. The molecule has 2 aromatic rings. The SMILES string of the molecule is NCCCCC(NC(=O)C(Cc1c[nH]cn1)NC(=O)CN)C(=O)O.NCCCCC(NC(=O)C(Cc1c[nH]cn1)[N-]C(=O)CN)C(=O)[O-].[Cu+2]. The Morgan fingerprint density at radius 3 is 1.73 bits per heavy atom. The van der Waals surface area contributed by atoms with Crippen LogP contribution >= 0.6 is 0 Å². The van der Waals surface area contributed by atoms with Crippen molar-refractivity contribution in [2.24, 2.45) is 22.9 Å². The number of imidazole rings is 2. The van der Waals surface area contributed by atoms with Crippen molar-refractivity contribution in [3.8, 4) is 0 Å². The van der Waals surface area contributed by atoms with Crippen LogP contribution in [0.25, 0.3) is 5.32 Å². The van der Waals surface area contributed by atoms with Gasteiger partial charge in [-0.1, -0.05) is 0 Å². The topological polar surface area (TPSA) is 357 Å². The van der Waals surface area contributed by atoms with Gasteiger partial charge in [0.25, 0.3) is 0 Å². The molecule has 0 spiro atoms. The van der Waals surface area contributed by atoms with Gasteiger partial charge in [0.2, 0.25) is 17.7 Å². The molecule has 0 aromatic carbocycles. The Kier molecular flexibility index (Phi) is 23.3. The predicted molar refractivity (Wildman–Crippen MR) is 169 cm³/mol. The number of carbonyl (C=O) groups is 6. The number of aromatic amines is 2. The molecule has 0 aliphatic heterocycles. The fraction of sp³-hybridized carbons (Fsp3) is 0.571. The van der Waals surface area contributed by atoms with Crippen LogP contribution in [0, 0.1) is 0 Å². The minimum Gasteiger partial charge on any atom is -0.642 e. The Labute approximate surface area is 293 Å². The van der Waals surface area contributed by atoms with Crippen LogP contribution in [0.3, 0.4) is 0 Å². The number of unbranched alkanes of at least 4 members (excludes halogenated alkanes) is 2. The number of rotatable bonds is 22. The van der Waals surface area contributed by atoms with Gasteiger partial charge in [-0.2, -0.15) is 0 Å². The van der Waals surface area contributed by atoms with Crippen LogP contribution in [0.2, 0.25) is 0 Å². The number of aliphatic carboxylic acids is 2. The van der Waals surface area contributed by atoms with Gasteiger partial charge in [0.05, 0.1) is 48.5 Å². The third kappa shape index (κ3) is 18.7. The zero-order valence-corrected chi connectivity index (χ0v) is 27.8. The Balaban J connectivity index is 0.000000922. The number of hydrogen-bond donors (Lipinski definition) is 10. The van der Waals surface area contributed by atoms with Crippen molar-refractivity contribution in [3.05, 3.63) is 41.8 Å². The molecule has 2 rings (SSSR count). The minimum absolute atomic E-state index is 0. The number of nitrogens with two attached hydrogens (primary N) is 4. The van der Waals surface area contributed by atoms with Crippen LogP contribution in [-0.4, -0.2) is 111 Å². The van der Waals surface area contributed by atoms with E-state index >= 15 is 0 Å². The van der Waals surface area contributed by atoms with Gasteiger partial charge in [0.15, 0.2) is 0 Å². The third-order valence-corrected chi connectivity index (χ3v) is 6.65. The molecule has 0 bridgehead atoms. The first-order valence-corrected chi connectivity index (χ1v) is 15.3. The monoisotopic (exact) mass is 741 g/mol. The van der Waals surface area contributed by atoms with E-state index in [1.54, 1.807) is 12.4 Å². The molecule has 4 atom stereocenters. The van der Waals surface area contributed by atoms with E-state index in [1.807, 2.05) is 0 Å². The molecule has 0 aliphatic carbocycles.